The number of ether oxygens (including phenoxy) is 1. The Balaban J connectivity index is 2.88. The van der Waals surface area contributed by atoms with E-state index in [-0.39, 0.29) is 25.2 Å². The van der Waals surface area contributed by atoms with Crippen LogP contribution in [0, 0.1) is 0 Å². The summed E-state index contributed by atoms with van der Waals surface area (Å²) in [6.45, 7) is 6.31. The Labute approximate surface area is 133 Å². The van der Waals surface area contributed by atoms with E-state index in [0.717, 1.165) is 0 Å². The molecule has 5 nitrogen and oxygen atoms in total. The van der Waals surface area contributed by atoms with E-state index in [1.54, 1.807) is 32.0 Å². The molecule has 0 amide bonds. The van der Waals surface area contributed by atoms with Gasteiger partial charge >= 0.3 is 7.60 Å². The van der Waals surface area contributed by atoms with E-state index in [4.69, 9.17) is 13.8 Å². The Hall–Kier alpha value is -0.680. The average Bonchev–Trinajstić information content (AvgIpc) is 2.41. The normalized spacial score (nSPS) is 11.4. The maximum absolute atomic E-state index is 12.3. The first-order chi connectivity index (χ1) is 9.95. The van der Waals surface area contributed by atoms with Crippen molar-refractivity contribution in [3.63, 3.8) is 0 Å². The number of Topliss-reactive ketones (excluding diaryl/α,β-unsaturated/α-hetero) is 1. The SMILES string of the molecule is CCOc1ccc(C(=O)CP(=O)(OCC)OCC)cc1Br. The molecule has 0 radical (unpaired) electrons. The van der Waals surface area contributed by atoms with Crippen LogP contribution in [0.15, 0.2) is 22.7 Å². The predicted molar refractivity (Wildman–Crippen MR) is 85.4 cm³/mol. The Morgan fingerprint density at radius 1 is 1.14 bits per heavy atom. The molecule has 1 aromatic rings. The van der Waals surface area contributed by atoms with Crippen LogP contribution in [0.5, 0.6) is 5.75 Å². The number of hydrogen-bond acceptors (Lipinski definition) is 5. The van der Waals surface area contributed by atoms with Crippen LogP contribution in [0.25, 0.3) is 0 Å². The number of halogens is 1. The van der Waals surface area contributed by atoms with E-state index >= 15 is 0 Å². The van der Waals surface area contributed by atoms with Gasteiger partial charge in [-0.15, -0.1) is 0 Å². The number of carbonyl (C=O) groups excluding carboxylic acids is 1. The molecule has 0 heterocycles. The zero-order valence-electron chi connectivity index (χ0n) is 12.4. The Morgan fingerprint density at radius 3 is 2.24 bits per heavy atom. The first kappa shape index (κ1) is 18.4. The molecule has 118 valence electrons. The van der Waals surface area contributed by atoms with Crippen molar-refractivity contribution in [3.8, 4) is 5.75 Å². The monoisotopic (exact) mass is 378 g/mol. The molecule has 1 aromatic carbocycles. The fraction of sp³-hybridized carbons (Fsp3) is 0.500. The third-order valence-electron chi connectivity index (χ3n) is 2.54. The van der Waals surface area contributed by atoms with E-state index in [1.165, 1.54) is 0 Å². The minimum absolute atomic E-state index is 0.234. The van der Waals surface area contributed by atoms with Gasteiger partial charge in [-0.2, -0.15) is 0 Å². The second-order valence-electron chi connectivity index (χ2n) is 4.11. The van der Waals surface area contributed by atoms with E-state index < -0.39 is 7.60 Å². The number of rotatable bonds is 9. The van der Waals surface area contributed by atoms with Crippen LogP contribution in [0.2, 0.25) is 0 Å². The number of hydrogen-bond donors (Lipinski definition) is 0. The van der Waals surface area contributed by atoms with Crippen molar-refractivity contribution in [1.82, 2.24) is 0 Å². The van der Waals surface area contributed by atoms with Crippen LogP contribution < -0.4 is 4.74 Å². The van der Waals surface area contributed by atoms with Crippen LogP contribution in [0.4, 0.5) is 0 Å². The molecular formula is C14H20BrO5P. The topological polar surface area (TPSA) is 61.8 Å². The van der Waals surface area contributed by atoms with Crippen LogP contribution in [0.1, 0.15) is 31.1 Å². The molecule has 0 fully saturated rings. The van der Waals surface area contributed by atoms with Gasteiger partial charge in [0.05, 0.1) is 24.3 Å². The van der Waals surface area contributed by atoms with Gasteiger partial charge in [0.2, 0.25) is 0 Å². The van der Waals surface area contributed by atoms with Gasteiger partial charge in [-0.1, -0.05) is 0 Å². The summed E-state index contributed by atoms with van der Waals surface area (Å²) in [5.74, 6) is 0.371. The first-order valence-corrected chi connectivity index (χ1v) is 9.31. The van der Waals surface area contributed by atoms with Crippen molar-refractivity contribution in [3.05, 3.63) is 28.2 Å². The zero-order valence-corrected chi connectivity index (χ0v) is 14.9. The lowest BCUT2D eigenvalue weighted by Gasteiger charge is -2.16. The van der Waals surface area contributed by atoms with Crippen LogP contribution in [-0.2, 0) is 13.6 Å². The molecule has 0 spiro atoms. The van der Waals surface area contributed by atoms with Gasteiger partial charge < -0.3 is 13.8 Å². The van der Waals surface area contributed by atoms with E-state index in [9.17, 15) is 9.36 Å². The molecule has 0 bridgehead atoms. The van der Waals surface area contributed by atoms with Crippen molar-refractivity contribution in [2.75, 3.05) is 26.0 Å². The number of carbonyl (C=O) groups is 1. The van der Waals surface area contributed by atoms with E-state index in [1.807, 2.05) is 6.92 Å². The summed E-state index contributed by atoms with van der Waals surface area (Å²) in [5, 5.41) is 0. The molecule has 0 aliphatic rings. The molecular weight excluding hydrogens is 359 g/mol. The summed E-state index contributed by atoms with van der Waals surface area (Å²) in [6, 6.07) is 4.99. The summed E-state index contributed by atoms with van der Waals surface area (Å²) in [6.07, 6.45) is -0.269. The van der Waals surface area contributed by atoms with E-state index in [2.05, 4.69) is 15.9 Å². The molecule has 0 aromatic heterocycles. The van der Waals surface area contributed by atoms with Crippen LogP contribution in [-0.4, -0.2) is 31.8 Å². The number of ketones is 1. The van der Waals surface area contributed by atoms with Gasteiger partial charge in [0.15, 0.2) is 5.78 Å². The third-order valence-corrected chi connectivity index (χ3v) is 5.14. The molecule has 1 rings (SSSR count). The lowest BCUT2D eigenvalue weighted by Crippen LogP contribution is -2.10. The quantitative estimate of drug-likeness (QED) is 0.473. The van der Waals surface area contributed by atoms with Gasteiger partial charge in [0, 0.05) is 5.56 Å². The molecule has 0 N–H and O–H groups in total. The highest BCUT2D eigenvalue weighted by atomic mass is 79.9. The lowest BCUT2D eigenvalue weighted by molar-refractivity contribution is 0.100. The second kappa shape index (κ2) is 8.69. The summed E-state index contributed by atoms with van der Waals surface area (Å²) in [7, 11) is -3.38. The second-order valence-corrected chi connectivity index (χ2v) is 7.01. The smallest absolute Gasteiger partial charge is 0.338 e. The zero-order chi connectivity index (χ0) is 15.9. The van der Waals surface area contributed by atoms with Gasteiger partial charge in [0.25, 0.3) is 0 Å². The fourth-order valence-corrected chi connectivity index (χ4v) is 3.81. The van der Waals surface area contributed by atoms with Gasteiger partial charge in [-0.25, -0.2) is 0 Å². The van der Waals surface area contributed by atoms with Crippen LogP contribution in [0.3, 0.4) is 0 Å². The highest BCUT2D eigenvalue weighted by Crippen LogP contribution is 2.48. The maximum atomic E-state index is 12.3. The van der Waals surface area contributed by atoms with E-state index in [0.29, 0.717) is 22.4 Å². The minimum Gasteiger partial charge on any atom is -0.493 e. The van der Waals surface area contributed by atoms with Crippen molar-refractivity contribution >= 4 is 29.3 Å². The minimum atomic E-state index is -3.38. The summed E-state index contributed by atoms with van der Waals surface area (Å²) < 4.78 is 28.7. The fourth-order valence-electron chi connectivity index (χ4n) is 1.74. The Bertz CT molecular complexity index is 522. The predicted octanol–water partition coefficient (Wildman–Crippen LogP) is 4.30. The van der Waals surface area contributed by atoms with Crippen molar-refractivity contribution in [1.29, 1.82) is 0 Å². The van der Waals surface area contributed by atoms with Crippen molar-refractivity contribution < 1.29 is 23.1 Å². The van der Waals surface area contributed by atoms with Gasteiger partial charge in [0.1, 0.15) is 11.9 Å². The molecule has 0 saturated heterocycles. The summed E-state index contributed by atoms with van der Waals surface area (Å²) in [5.41, 5.74) is 0.435. The van der Waals surface area contributed by atoms with Crippen LogP contribution >= 0.6 is 23.5 Å². The maximum Gasteiger partial charge on any atom is 0.338 e. The molecule has 0 aliphatic heterocycles. The van der Waals surface area contributed by atoms with Crippen molar-refractivity contribution in [2.24, 2.45) is 0 Å². The standard InChI is InChI=1S/C14H20BrO5P/c1-4-18-14-8-7-11(9-12(14)15)13(16)10-21(17,19-5-2)20-6-3/h7-9H,4-6,10H2,1-3H3. The molecule has 0 saturated carbocycles. The Kier molecular flexibility index (Phi) is 7.60. The largest absolute Gasteiger partial charge is 0.493 e. The summed E-state index contributed by atoms with van der Waals surface area (Å²) >= 11 is 3.35. The molecule has 21 heavy (non-hydrogen) atoms. The highest BCUT2D eigenvalue weighted by molar-refractivity contribution is 9.10. The van der Waals surface area contributed by atoms with Crippen molar-refractivity contribution in [2.45, 2.75) is 20.8 Å². The molecule has 0 aliphatic carbocycles. The lowest BCUT2D eigenvalue weighted by atomic mass is 10.1. The van der Waals surface area contributed by atoms with Gasteiger partial charge in [-0.05, 0) is 54.9 Å². The average molecular weight is 379 g/mol. The Morgan fingerprint density at radius 2 is 1.76 bits per heavy atom. The molecule has 0 unspecified atom stereocenters. The summed E-state index contributed by atoms with van der Waals surface area (Å²) in [4.78, 5) is 12.2. The highest BCUT2D eigenvalue weighted by Gasteiger charge is 2.28. The number of benzene rings is 1. The molecule has 0 atom stereocenters. The van der Waals surface area contributed by atoms with Gasteiger partial charge in [-0.3, -0.25) is 9.36 Å². The molecule has 7 heteroatoms. The first-order valence-electron chi connectivity index (χ1n) is 6.79. The third kappa shape index (κ3) is 5.55.